The van der Waals surface area contributed by atoms with Gasteiger partial charge in [0.1, 0.15) is 18.2 Å². The second-order valence-electron chi connectivity index (χ2n) is 9.70. The standard InChI is InChI=1S/C24H29F2N3O2/c1-6-29(19(31)13-30)23(4,5)24-11-10-15(22(24,2)3)14-12-18(27-28-21(14)24)20-16(25)8-7-9-17(20)26/h7-9,12,15,30H,6,10-11,13H2,1-5H3/t15-,24-/m0/s1. The van der Waals surface area contributed by atoms with Crippen LogP contribution >= 0.6 is 0 Å². The first kappa shape index (κ1) is 21.8. The maximum Gasteiger partial charge on any atom is 0.248 e. The summed E-state index contributed by atoms with van der Waals surface area (Å²) in [5.74, 6) is -1.53. The summed E-state index contributed by atoms with van der Waals surface area (Å²) in [6.07, 6.45) is 1.71. The van der Waals surface area contributed by atoms with Crippen LogP contribution in [0, 0.1) is 17.0 Å². The molecule has 0 unspecified atom stereocenters. The van der Waals surface area contributed by atoms with E-state index in [1.165, 1.54) is 18.2 Å². The van der Waals surface area contributed by atoms with Crippen LogP contribution in [0.1, 0.15) is 64.6 Å². The quantitative estimate of drug-likeness (QED) is 0.774. The van der Waals surface area contributed by atoms with Gasteiger partial charge in [0.05, 0.1) is 17.0 Å². The smallest absolute Gasteiger partial charge is 0.248 e. The van der Waals surface area contributed by atoms with Gasteiger partial charge in [0.15, 0.2) is 0 Å². The molecule has 0 aliphatic heterocycles. The van der Waals surface area contributed by atoms with Crippen LogP contribution in [-0.2, 0) is 10.2 Å². The molecule has 0 radical (unpaired) electrons. The monoisotopic (exact) mass is 429 g/mol. The van der Waals surface area contributed by atoms with Gasteiger partial charge in [0, 0.05) is 17.5 Å². The molecule has 2 aliphatic carbocycles. The van der Waals surface area contributed by atoms with E-state index in [0.29, 0.717) is 6.54 Å². The molecule has 166 valence electrons. The van der Waals surface area contributed by atoms with Crippen molar-refractivity contribution in [1.82, 2.24) is 15.1 Å². The fraction of sp³-hybridized carbons (Fsp3) is 0.542. The Labute approximate surface area is 181 Å². The molecule has 0 spiro atoms. The molecule has 2 atom stereocenters. The van der Waals surface area contributed by atoms with Crippen molar-refractivity contribution in [2.24, 2.45) is 5.41 Å². The Bertz CT molecular complexity index is 1030. The number of carbonyl (C=O) groups excluding carboxylic acids is 1. The van der Waals surface area contributed by atoms with Crippen LogP contribution < -0.4 is 0 Å². The van der Waals surface area contributed by atoms with Crippen LogP contribution in [0.15, 0.2) is 24.3 Å². The van der Waals surface area contributed by atoms with E-state index >= 15 is 0 Å². The van der Waals surface area contributed by atoms with E-state index in [1.807, 2.05) is 20.8 Å². The zero-order valence-corrected chi connectivity index (χ0v) is 18.7. The molecule has 1 aromatic carbocycles. The fourth-order valence-corrected chi connectivity index (χ4v) is 6.76. The van der Waals surface area contributed by atoms with E-state index < -0.39 is 29.2 Å². The Morgan fingerprint density at radius 3 is 2.48 bits per heavy atom. The van der Waals surface area contributed by atoms with E-state index in [4.69, 9.17) is 0 Å². The Balaban J connectivity index is 1.92. The number of rotatable bonds is 5. The van der Waals surface area contributed by atoms with E-state index in [1.54, 1.807) is 11.0 Å². The minimum Gasteiger partial charge on any atom is -0.387 e. The number of aliphatic hydroxyl groups excluding tert-OH is 1. The molecule has 1 fully saturated rings. The van der Waals surface area contributed by atoms with Crippen LogP contribution in [0.4, 0.5) is 8.78 Å². The van der Waals surface area contributed by atoms with Crippen LogP contribution in [0.2, 0.25) is 0 Å². The summed E-state index contributed by atoms with van der Waals surface area (Å²) in [5, 5.41) is 18.4. The number of nitrogens with zero attached hydrogens (tertiary/aromatic N) is 3. The highest BCUT2D eigenvalue weighted by molar-refractivity contribution is 5.78. The molecule has 2 bridgehead atoms. The summed E-state index contributed by atoms with van der Waals surface area (Å²) in [6, 6.07) is 5.54. The first-order valence-electron chi connectivity index (χ1n) is 10.8. The van der Waals surface area contributed by atoms with Gasteiger partial charge in [-0.3, -0.25) is 4.79 Å². The second kappa shape index (κ2) is 7.05. The number of carbonyl (C=O) groups is 1. The van der Waals surface area contributed by atoms with Crippen molar-refractivity contribution in [3.63, 3.8) is 0 Å². The highest BCUT2D eigenvalue weighted by Crippen LogP contribution is 2.71. The molecule has 5 nitrogen and oxygen atoms in total. The largest absolute Gasteiger partial charge is 0.387 e. The van der Waals surface area contributed by atoms with Crippen LogP contribution in [0.3, 0.4) is 0 Å². The van der Waals surface area contributed by atoms with Gasteiger partial charge < -0.3 is 10.0 Å². The predicted octanol–water partition coefficient (Wildman–Crippen LogP) is 4.20. The first-order valence-corrected chi connectivity index (χ1v) is 10.8. The number of benzene rings is 1. The molecule has 1 amide bonds. The Morgan fingerprint density at radius 1 is 1.26 bits per heavy atom. The minimum atomic E-state index is -0.669. The lowest BCUT2D eigenvalue weighted by Crippen LogP contribution is -2.64. The molecule has 1 saturated carbocycles. The van der Waals surface area contributed by atoms with Crippen molar-refractivity contribution in [2.45, 2.75) is 64.3 Å². The number of amides is 1. The minimum absolute atomic E-state index is 0.133. The van der Waals surface area contributed by atoms with E-state index in [-0.39, 0.29) is 28.5 Å². The lowest BCUT2D eigenvalue weighted by molar-refractivity contribution is -0.144. The van der Waals surface area contributed by atoms with Gasteiger partial charge >= 0.3 is 0 Å². The maximum absolute atomic E-state index is 14.4. The molecule has 0 saturated heterocycles. The molecule has 4 rings (SSSR count). The number of hydrogen-bond acceptors (Lipinski definition) is 4. The van der Waals surface area contributed by atoms with Crippen LogP contribution in [-0.4, -0.2) is 44.8 Å². The van der Waals surface area contributed by atoms with Gasteiger partial charge in [-0.1, -0.05) is 19.9 Å². The molecule has 1 heterocycles. The summed E-state index contributed by atoms with van der Waals surface area (Å²) in [4.78, 5) is 14.3. The second-order valence-corrected chi connectivity index (χ2v) is 9.70. The van der Waals surface area contributed by atoms with Crippen molar-refractivity contribution in [2.75, 3.05) is 13.2 Å². The predicted molar refractivity (Wildman–Crippen MR) is 113 cm³/mol. The molecular weight excluding hydrogens is 400 g/mol. The molecule has 2 aromatic rings. The average molecular weight is 430 g/mol. The van der Waals surface area contributed by atoms with Crippen molar-refractivity contribution >= 4 is 5.91 Å². The Kier molecular flexibility index (Phi) is 4.96. The molecule has 31 heavy (non-hydrogen) atoms. The third-order valence-corrected chi connectivity index (χ3v) is 8.07. The lowest BCUT2D eigenvalue weighted by Gasteiger charge is -2.54. The fourth-order valence-electron chi connectivity index (χ4n) is 6.76. The van der Waals surface area contributed by atoms with Gasteiger partial charge in [0.2, 0.25) is 5.91 Å². The summed E-state index contributed by atoms with van der Waals surface area (Å²) in [6.45, 7) is 10.2. The molecule has 1 aromatic heterocycles. The summed E-state index contributed by atoms with van der Waals surface area (Å²) in [7, 11) is 0. The number of fused-ring (bicyclic) bond motifs is 5. The highest BCUT2D eigenvalue weighted by atomic mass is 19.1. The normalized spacial score (nSPS) is 23.7. The first-order chi connectivity index (χ1) is 14.5. The number of hydrogen-bond donors (Lipinski definition) is 1. The van der Waals surface area contributed by atoms with Gasteiger partial charge in [-0.25, -0.2) is 8.78 Å². The third-order valence-electron chi connectivity index (χ3n) is 8.07. The lowest BCUT2D eigenvalue weighted by atomic mass is 9.57. The molecular formula is C24H29F2N3O2. The third kappa shape index (κ3) is 2.65. The van der Waals surface area contributed by atoms with Gasteiger partial charge in [-0.05, 0) is 68.7 Å². The maximum atomic E-state index is 14.4. The Morgan fingerprint density at radius 2 is 1.90 bits per heavy atom. The summed E-state index contributed by atoms with van der Waals surface area (Å²) in [5.41, 5.74) is 0.350. The van der Waals surface area contributed by atoms with E-state index in [2.05, 4.69) is 24.0 Å². The van der Waals surface area contributed by atoms with Gasteiger partial charge in [0.25, 0.3) is 0 Å². The number of aromatic nitrogens is 2. The molecule has 2 aliphatic rings. The number of aliphatic hydroxyl groups is 1. The topological polar surface area (TPSA) is 66.3 Å². The molecule has 1 N–H and O–H groups in total. The van der Waals surface area contributed by atoms with Crippen molar-refractivity contribution < 1.29 is 18.7 Å². The van der Waals surface area contributed by atoms with E-state index in [0.717, 1.165) is 24.1 Å². The molecule has 7 heteroatoms. The number of likely N-dealkylation sites (N-methyl/N-ethyl adjacent to an activating group) is 1. The highest BCUT2D eigenvalue weighted by Gasteiger charge is 2.70. The van der Waals surface area contributed by atoms with E-state index in [9.17, 15) is 18.7 Å². The number of halogens is 2. The zero-order valence-electron chi connectivity index (χ0n) is 18.7. The van der Waals surface area contributed by atoms with Crippen molar-refractivity contribution in [3.8, 4) is 11.3 Å². The van der Waals surface area contributed by atoms with Crippen molar-refractivity contribution in [3.05, 3.63) is 47.2 Å². The van der Waals surface area contributed by atoms with Crippen LogP contribution in [0.25, 0.3) is 11.3 Å². The summed E-state index contributed by atoms with van der Waals surface area (Å²) >= 11 is 0. The SMILES string of the molecule is CCN(C(=O)CO)C(C)(C)[C@@]12CC[C@@H](c3cc(-c4c(F)cccc4F)nnc31)C2(C)C. The van der Waals surface area contributed by atoms with Crippen molar-refractivity contribution in [1.29, 1.82) is 0 Å². The summed E-state index contributed by atoms with van der Waals surface area (Å²) < 4.78 is 28.8. The average Bonchev–Trinajstić information content (AvgIpc) is 3.10. The van der Waals surface area contributed by atoms with Gasteiger partial charge in [-0.2, -0.15) is 10.2 Å². The van der Waals surface area contributed by atoms with Crippen LogP contribution in [0.5, 0.6) is 0 Å². The Hall–Kier alpha value is -2.41. The zero-order chi connectivity index (χ0) is 22.8. The van der Waals surface area contributed by atoms with Gasteiger partial charge in [-0.15, -0.1) is 0 Å².